The van der Waals surface area contributed by atoms with Crippen molar-refractivity contribution >= 4 is 35.8 Å². The molecular weight excluding hydrogens is 419 g/mol. The maximum Gasteiger partial charge on any atom is 0.219 e. The average Bonchev–Trinajstić information content (AvgIpc) is 2.60. The molecule has 4 rings (SSSR count). The molecule has 138 valence electrons. The van der Waals surface area contributed by atoms with Gasteiger partial charge in [-0.05, 0) is 12.8 Å². The molecule has 0 aromatic heterocycles. The first-order valence-corrected chi connectivity index (χ1v) is 8.85. The van der Waals surface area contributed by atoms with Crippen LogP contribution < -0.4 is 10.6 Å². The van der Waals surface area contributed by atoms with E-state index < -0.39 is 0 Å². The van der Waals surface area contributed by atoms with Crippen molar-refractivity contribution in [3.8, 4) is 0 Å². The van der Waals surface area contributed by atoms with Gasteiger partial charge in [-0.1, -0.05) is 0 Å². The second-order valence-corrected chi connectivity index (χ2v) is 6.87. The number of fused-ring (bicyclic) bond motifs is 3. The fourth-order valence-electron chi connectivity index (χ4n) is 3.86. The van der Waals surface area contributed by atoms with Crippen LogP contribution in [0.5, 0.6) is 0 Å². The summed E-state index contributed by atoms with van der Waals surface area (Å²) >= 11 is 0. The van der Waals surface area contributed by atoms with Gasteiger partial charge in [0, 0.05) is 78.4 Å². The van der Waals surface area contributed by atoms with E-state index in [1.165, 1.54) is 32.7 Å². The molecule has 4 saturated heterocycles. The lowest BCUT2D eigenvalue weighted by molar-refractivity contribution is -0.129. The third-order valence-electron chi connectivity index (χ3n) is 5.40. The van der Waals surface area contributed by atoms with E-state index in [0.717, 1.165) is 38.4 Å². The van der Waals surface area contributed by atoms with Gasteiger partial charge < -0.3 is 15.5 Å². The second kappa shape index (κ2) is 9.19. The van der Waals surface area contributed by atoms with Crippen molar-refractivity contribution in [3.63, 3.8) is 0 Å². The SMILES string of the molecule is CN=C(NCC1CN2CCN1CC2)NC1CCN(C(C)=O)CC1.I. The topological polar surface area (TPSA) is 63.2 Å². The average molecular weight is 450 g/mol. The zero-order valence-electron chi connectivity index (χ0n) is 14.8. The predicted molar refractivity (Wildman–Crippen MR) is 107 cm³/mol. The molecule has 4 heterocycles. The van der Waals surface area contributed by atoms with Crippen LogP contribution in [-0.4, -0.2) is 98.1 Å². The minimum atomic E-state index is 0. The Morgan fingerprint density at radius 3 is 2.29 bits per heavy atom. The van der Waals surface area contributed by atoms with Crippen LogP contribution in [-0.2, 0) is 4.79 Å². The first kappa shape index (κ1) is 19.7. The Bertz CT molecular complexity index is 444. The molecule has 8 heteroatoms. The third-order valence-corrected chi connectivity index (χ3v) is 5.40. The number of piperazine rings is 3. The van der Waals surface area contributed by atoms with E-state index in [1.807, 2.05) is 11.9 Å². The molecule has 1 unspecified atom stereocenters. The van der Waals surface area contributed by atoms with Crippen LogP contribution in [0.3, 0.4) is 0 Å². The number of nitrogens with one attached hydrogen (secondary N) is 2. The molecule has 0 aromatic carbocycles. The highest BCUT2D eigenvalue weighted by molar-refractivity contribution is 14.0. The van der Waals surface area contributed by atoms with Crippen LogP contribution in [0.1, 0.15) is 19.8 Å². The smallest absolute Gasteiger partial charge is 0.219 e. The Morgan fingerprint density at radius 1 is 1.12 bits per heavy atom. The summed E-state index contributed by atoms with van der Waals surface area (Å²) in [5.74, 6) is 1.08. The van der Waals surface area contributed by atoms with Crippen molar-refractivity contribution in [1.29, 1.82) is 0 Å². The number of guanidine groups is 1. The lowest BCUT2D eigenvalue weighted by Crippen LogP contribution is -2.64. The van der Waals surface area contributed by atoms with Gasteiger partial charge in [0.2, 0.25) is 5.91 Å². The second-order valence-electron chi connectivity index (χ2n) is 6.87. The molecule has 24 heavy (non-hydrogen) atoms. The molecule has 4 fully saturated rings. The van der Waals surface area contributed by atoms with Crippen molar-refractivity contribution in [2.75, 3.05) is 59.4 Å². The number of nitrogens with zero attached hydrogens (tertiary/aromatic N) is 4. The highest BCUT2D eigenvalue weighted by atomic mass is 127. The minimum absolute atomic E-state index is 0. The monoisotopic (exact) mass is 450 g/mol. The number of carbonyl (C=O) groups excluding carboxylic acids is 1. The third kappa shape index (κ3) is 4.95. The van der Waals surface area contributed by atoms with Gasteiger partial charge in [0.25, 0.3) is 0 Å². The number of carbonyl (C=O) groups is 1. The highest BCUT2D eigenvalue weighted by Crippen LogP contribution is 2.15. The number of piperidine rings is 1. The summed E-state index contributed by atoms with van der Waals surface area (Å²) in [5.41, 5.74) is 0. The van der Waals surface area contributed by atoms with Crippen LogP contribution in [0.15, 0.2) is 4.99 Å². The Kier molecular flexibility index (Phi) is 7.55. The van der Waals surface area contributed by atoms with Crippen LogP contribution in [0, 0.1) is 0 Å². The molecule has 0 aliphatic carbocycles. The molecule has 0 saturated carbocycles. The molecule has 1 amide bonds. The summed E-state index contributed by atoms with van der Waals surface area (Å²) in [5, 5.41) is 7.01. The zero-order valence-corrected chi connectivity index (χ0v) is 17.2. The van der Waals surface area contributed by atoms with E-state index >= 15 is 0 Å². The van der Waals surface area contributed by atoms with Crippen LogP contribution in [0.25, 0.3) is 0 Å². The van der Waals surface area contributed by atoms with Gasteiger partial charge in [-0.3, -0.25) is 19.6 Å². The molecule has 0 radical (unpaired) electrons. The van der Waals surface area contributed by atoms with Gasteiger partial charge in [-0.2, -0.15) is 0 Å². The number of halogens is 1. The number of likely N-dealkylation sites (tertiary alicyclic amines) is 1. The van der Waals surface area contributed by atoms with E-state index in [4.69, 9.17) is 0 Å². The summed E-state index contributed by atoms with van der Waals surface area (Å²) < 4.78 is 0. The van der Waals surface area contributed by atoms with Crippen molar-refractivity contribution in [1.82, 2.24) is 25.3 Å². The number of amides is 1. The first-order valence-electron chi connectivity index (χ1n) is 8.85. The lowest BCUT2D eigenvalue weighted by atomic mass is 10.1. The maximum absolute atomic E-state index is 11.4. The summed E-state index contributed by atoms with van der Waals surface area (Å²) in [6, 6.07) is 0.999. The molecule has 0 aromatic rings. The Balaban J connectivity index is 0.00000208. The molecule has 4 aliphatic heterocycles. The van der Waals surface area contributed by atoms with Gasteiger partial charge in [-0.15, -0.1) is 24.0 Å². The van der Waals surface area contributed by atoms with Crippen molar-refractivity contribution in [2.24, 2.45) is 4.99 Å². The van der Waals surface area contributed by atoms with Gasteiger partial charge >= 0.3 is 0 Å². The van der Waals surface area contributed by atoms with Crippen LogP contribution >= 0.6 is 24.0 Å². The molecule has 4 aliphatic rings. The quantitative estimate of drug-likeness (QED) is 0.354. The Morgan fingerprint density at radius 2 is 1.79 bits per heavy atom. The summed E-state index contributed by atoms with van der Waals surface area (Å²) in [6.45, 7) is 10.3. The fourth-order valence-corrected chi connectivity index (χ4v) is 3.86. The largest absolute Gasteiger partial charge is 0.355 e. The maximum atomic E-state index is 11.4. The fraction of sp³-hybridized carbons (Fsp3) is 0.875. The van der Waals surface area contributed by atoms with Gasteiger partial charge in [0.1, 0.15) is 0 Å². The zero-order chi connectivity index (χ0) is 16.2. The molecular formula is C16H31IN6O. The highest BCUT2D eigenvalue weighted by Gasteiger charge is 2.31. The van der Waals surface area contributed by atoms with Crippen molar-refractivity contribution in [2.45, 2.75) is 31.8 Å². The number of hydrogen-bond acceptors (Lipinski definition) is 4. The van der Waals surface area contributed by atoms with E-state index in [1.54, 1.807) is 6.92 Å². The van der Waals surface area contributed by atoms with Gasteiger partial charge in [0.15, 0.2) is 5.96 Å². The molecule has 1 atom stereocenters. The van der Waals surface area contributed by atoms with Crippen molar-refractivity contribution < 1.29 is 4.79 Å². The lowest BCUT2D eigenvalue weighted by Gasteiger charge is -2.47. The molecule has 2 bridgehead atoms. The Labute approximate surface area is 162 Å². The van der Waals surface area contributed by atoms with Crippen LogP contribution in [0.2, 0.25) is 0 Å². The first-order chi connectivity index (χ1) is 11.2. The standard InChI is InChI=1S/C16H30N6O.HI/c1-13(23)21-5-3-14(4-6-21)19-16(17-2)18-11-15-12-20-7-9-22(15)10-8-20;/h14-15H,3-12H2,1-2H3,(H2,17,18,19);1H. The predicted octanol–water partition coefficient (Wildman–Crippen LogP) is -0.220. The molecule has 7 nitrogen and oxygen atoms in total. The molecule has 0 spiro atoms. The molecule has 2 N–H and O–H groups in total. The summed E-state index contributed by atoms with van der Waals surface area (Å²) in [4.78, 5) is 22.8. The van der Waals surface area contributed by atoms with E-state index in [0.29, 0.717) is 12.1 Å². The minimum Gasteiger partial charge on any atom is -0.355 e. The van der Waals surface area contributed by atoms with Gasteiger partial charge in [0.05, 0.1) is 0 Å². The van der Waals surface area contributed by atoms with Gasteiger partial charge in [-0.25, -0.2) is 0 Å². The Hall–Kier alpha value is -0.610. The summed E-state index contributed by atoms with van der Waals surface area (Å²) in [6.07, 6.45) is 1.98. The van der Waals surface area contributed by atoms with Crippen LogP contribution in [0.4, 0.5) is 0 Å². The normalized spacial score (nSPS) is 30.7. The summed E-state index contributed by atoms with van der Waals surface area (Å²) in [7, 11) is 1.83. The van der Waals surface area contributed by atoms with E-state index in [-0.39, 0.29) is 29.9 Å². The number of aliphatic imine (C=N–C) groups is 1. The van der Waals surface area contributed by atoms with E-state index in [2.05, 4.69) is 25.4 Å². The number of hydrogen-bond donors (Lipinski definition) is 2. The van der Waals surface area contributed by atoms with E-state index in [9.17, 15) is 4.79 Å². The van der Waals surface area contributed by atoms with Crippen molar-refractivity contribution in [3.05, 3.63) is 0 Å². The number of rotatable bonds is 3.